The number of piperidine rings is 1. The summed E-state index contributed by atoms with van der Waals surface area (Å²) >= 11 is 1.43. The lowest BCUT2D eigenvalue weighted by molar-refractivity contribution is -0.129. The van der Waals surface area contributed by atoms with E-state index in [1.165, 1.54) is 11.8 Å². The van der Waals surface area contributed by atoms with E-state index in [0.717, 1.165) is 57.1 Å². The maximum absolute atomic E-state index is 13.1. The Morgan fingerprint density at radius 1 is 1.15 bits per heavy atom. The van der Waals surface area contributed by atoms with Gasteiger partial charge in [-0.05, 0) is 43.7 Å². The molecule has 1 aromatic carbocycles. The van der Waals surface area contributed by atoms with Gasteiger partial charge >= 0.3 is 0 Å². The molecular formula is C21H27N3O2S. The molecular weight excluding hydrogens is 358 g/mol. The highest BCUT2D eigenvalue weighted by Crippen LogP contribution is 2.32. The number of aromatic nitrogens is 2. The lowest BCUT2D eigenvalue weighted by Gasteiger charge is -2.30. The Hall–Kier alpha value is -1.82. The SMILES string of the molecule is CC1CCN(C(=O)CSc2nc3ccccc3c(=O)n2C2CCCC2)CC1. The third-order valence-electron chi connectivity index (χ3n) is 5.93. The van der Waals surface area contributed by atoms with Gasteiger partial charge in [0, 0.05) is 19.1 Å². The number of amides is 1. The number of hydrogen-bond donors (Lipinski definition) is 0. The average molecular weight is 386 g/mol. The fourth-order valence-corrected chi connectivity index (χ4v) is 5.16. The highest BCUT2D eigenvalue weighted by molar-refractivity contribution is 7.99. The van der Waals surface area contributed by atoms with Crippen molar-refractivity contribution in [1.29, 1.82) is 0 Å². The molecule has 0 radical (unpaired) electrons. The zero-order valence-corrected chi connectivity index (χ0v) is 16.7. The highest BCUT2D eigenvalue weighted by Gasteiger charge is 2.25. The number of carbonyl (C=O) groups excluding carboxylic acids is 1. The van der Waals surface area contributed by atoms with E-state index in [9.17, 15) is 9.59 Å². The topological polar surface area (TPSA) is 55.2 Å². The van der Waals surface area contributed by atoms with E-state index in [1.54, 1.807) is 0 Å². The van der Waals surface area contributed by atoms with Gasteiger partial charge in [0.25, 0.3) is 5.56 Å². The first-order valence-electron chi connectivity index (χ1n) is 10.1. The second kappa shape index (κ2) is 8.05. The van der Waals surface area contributed by atoms with E-state index in [1.807, 2.05) is 33.7 Å². The summed E-state index contributed by atoms with van der Waals surface area (Å²) in [5.74, 6) is 1.22. The van der Waals surface area contributed by atoms with Crippen LogP contribution < -0.4 is 5.56 Å². The van der Waals surface area contributed by atoms with Crippen molar-refractivity contribution in [2.24, 2.45) is 5.92 Å². The molecule has 2 fully saturated rings. The minimum atomic E-state index is 0.0363. The Kier molecular flexibility index (Phi) is 5.53. The predicted octanol–water partition coefficient (Wildman–Crippen LogP) is 3.86. The first-order valence-corrected chi connectivity index (χ1v) is 11.0. The van der Waals surface area contributed by atoms with Gasteiger partial charge < -0.3 is 4.90 Å². The van der Waals surface area contributed by atoms with Gasteiger partial charge in [0.2, 0.25) is 5.91 Å². The summed E-state index contributed by atoms with van der Waals surface area (Å²) in [5.41, 5.74) is 0.757. The third kappa shape index (κ3) is 3.91. The molecule has 1 amide bonds. The molecule has 1 aliphatic carbocycles. The summed E-state index contributed by atoms with van der Waals surface area (Å²) in [6.45, 7) is 3.94. The average Bonchev–Trinajstić information content (AvgIpc) is 3.21. The van der Waals surface area contributed by atoms with Gasteiger partial charge in [-0.1, -0.05) is 43.7 Å². The molecule has 1 aromatic heterocycles. The maximum Gasteiger partial charge on any atom is 0.262 e. The Morgan fingerprint density at radius 2 is 1.85 bits per heavy atom. The lowest BCUT2D eigenvalue weighted by Crippen LogP contribution is -2.39. The highest BCUT2D eigenvalue weighted by atomic mass is 32.2. The molecule has 0 atom stereocenters. The summed E-state index contributed by atoms with van der Waals surface area (Å²) in [6.07, 6.45) is 6.50. The van der Waals surface area contributed by atoms with Crippen LogP contribution in [0.15, 0.2) is 34.2 Å². The smallest absolute Gasteiger partial charge is 0.262 e. The first-order chi connectivity index (χ1) is 13.1. The fourth-order valence-electron chi connectivity index (χ4n) is 4.19. The first kappa shape index (κ1) is 18.5. The van der Waals surface area contributed by atoms with Crippen LogP contribution in [-0.2, 0) is 4.79 Å². The van der Waals surface area contributed by atoms with Crippen LogP contribution in [0, 0.1) is 5.92 Å². The van der Waals surface area contributed by atoms with Crippen molar-refractivity contribution in [2.45, 2.75) is 56.6 Å². The third-order valence-corrected chi connectivity index (χ3v) is 6.86. The minimum absolute atomic E-state index is 0.0363. The number of benzene rings is 1. The largest absolute Gasteiger partial charge is 0.342 e. The van der Waals surface area contributed by atoms with Crippen molar-refractivity contribution >= 4 is 28.6 Å². The Labute approximate surface area is 164 Å². The molecule has 2 aliphatic rings. The molecule has 0 unspecified atom stereocenters. The second-order valence-electron chi connectivity index (χ2n) is 7.88. The van der Waals surface area contributed by atoms with Crippen LogP contribution >= 0.6 is 11.8 Å². The molecule has 144 valence electrons. The van der Waals surface area contributed by atoms with Crippen molar-refractivity contribution in [3.8, 4) is 0 Å². The van der Waals surface area contributed by atoms with Gasteiger partial charge in [-0.25, -0.2) is 4.98 Å². The fraction of sp³-hybridized carbons (Fsp3) is 0.571. The van der Waals surface area contributed by atoms with E-state index in [-0.39, 0.29) is 17.5 Å². The standard InChI is InChI=1S/C21H27N3O2S/c1-15-10-12-23(13-11-15)19(25)14-27-21-22-18-9-5-4-8-17(18)20(26)24(21)16-6-2-3-7-16/h4-5,8-9,15-16H,2-3,6-7,10-14H2,1H3. The van der Waals surface area contributed by atoms with Gasteiger partial charge in [0.15, 0.2) is 5.16 Å². The number of fused-ring (bicyclic) bond motifs is 1. The quantitative estimate of drug-likeness (QED) is 0.592. The Morgan fingerprint density at radius 3 is 2.59 bits per heavy atom. The zero-order chi connectivity index (χ0) is 18.8. The predicted molar refractivity (Wildman–Crippen MR) is 109 cm³/mol. The number of rotatable bonds is 4. The monoisotopic (exact) mass is 385 g/mol. The molecule has 0 spiro atoms. The van der Waals surface area contributed by atoms with Crippen LogP contribution in [-0.4, -0.2) is 39.2 Å². The van der Waals surface area contributed by atoms with Gasteiger partial charge in [-0.2, -0.15) is 0 Å². The van der Waals surface area contributed by atoms with Gasteiger partial charge in [0.05, 0.1) is 16.7 Å². The van der Waals surface area contributed by atoms with Crippen LogP contribution in [0.2, 0.25) is 0 Å². The molecule has 1 aliphatic heterocycles. The normalized spacial score (nSPS) is 19.1. The van der Waals surface area contributed by atoms with Gasteiger partial charge in [-0.3, -0.25) is 14.2 Å². The lowest BCUT2D eigenvalue weighted by atomic mass is 9.99. The number of nitrogens with zero attached hydrogens (tertiary/aromatic N) is 3. The van der Waals surface area contributed by atoms with E-state index < -0.39 is 0 Å². The number of hydrogen-bond acceptors (Lipinski definition) is 4. The van der Waals surface area contributed by atoms with Crippen molar-refractivity contribution < 1.29 is 4.79 Å². The van der Waals surface area contributed by atoms with Crippen LogP contribution in [0.4, 0.5) is 0 Å². The van der Waals surface area contributed by atoms with Crippen LogP contribution in [0.5, 0.6) is 0 Å². The number of thioether (sulfide) groups is 1. The van der Waals surface area contributed by atoms with Crippen molar-refractivity contribution in [3.63, 3.8) is 0 Å². The van der Waals surface area contributed by atoms with Gasteiger partial charge in [-0.15, -0.1) is 0 Å². The molecule has 2 heterocycles. The summed E-state index contributed by atoms with van der Waals surface area (Å²) in [4.78, 5) is 32.5. The van der Waals surface area contributed by atoms with Crippen LogP contribution in [0.3, 0.4) is 0 Å². The maximum atomic E-state index is 13.1. The zero-order valence-electron chi connectivity index (χ0n) is 15.9. The molecule has 6 heteroatoms. The minimum Gasteiger partial charge on any atom is -0.342 e. The number of para-hydroxylation sites is 1. The van der Waals surface area contributed by atoms with Crippen molar-refractivity contribution in [2.75, 3.05) is 18.8 Å². The van der Waals surface area contributed by atoms with Crippen LogP contribution in [0.25, 0.3) is 10.9 Å². The van der Waals surface area contributed by atoms with Crippen LogP contribution in [0.1, 0.15) is 51.5 Å². The molecule has 27 heavy (non-hydrogen) atoms. The molecule has 0 bridgehead atoms. The molecule has 4 rings (SSSR count). The van der Waals surface area contributed by atoms with E-state index in [4.69, 9.17) is 4.98 Å². The molecule has 2 aromatic rings. The molecule has 1 saturated carbocycles. The van der Waals surface area contributed by atoms with E-state index in [0.29, 0.717) is 22.2 Å². The number of likely N-dealkylation sites (tertiary alicyclic amines) is 1. The van der Waals surface area contributed by atoms with E-state index in [2.05, 4.69) is 6.92 Å². The molecule has 5 nitrogen and oxygen atoms in total. The second-order valence-corrected chi connectivity index (χ2v) is 8.82. The number of carbonyl (C=O) groups is 1. The summed E-state index contributed by atoms with van der Waals surface area (Å²) in [6, 6.07) is 7.74. The van der Waals surface area contributed by atoms with Gasteiger partial charge in [0.1, 0.15) is 0 Å². The summed E-state index contributed by atoms with van der Waals surface area (Å²) < 4.78 is 1.87. The molecule has 0 N–H and O–H groups in total. The Balaban J connectivity index is 1.59. The molecule has 1 saturated heterocycles. The Bertz CT molecular complexity index is 881. The summed E-state index contributed by atoms with van der Waals surface area (Å²) in [5, 5.41) is 1.37. The van der Waals surface area contributed by atoms with Crippen molar-refractivity contribution in [1.82, 2.24) is 14.5 Å². The van der Waals surface area contributed by atoms with E-state index >= 15 is 0 Å². The summed E-state index contributed by atoms with van der Waals surface area (Å²) in [7, 11) is 0. The van der Waals surface area contributed by atoms with Crippen molar-refractivity contribution in [3.05, 3.63) is 34.6 Å².